The van der Waals surface area contributed by atoms with Crippen molar-refractivity contribution < 1.29 is 4.63 Å². The zero-order valence-electron chi connectivity index (χ0n) is 8.32. The second-order valence-electron chi connectivity index (χ2n) is 2.93. The molecule has 0 radical (unpaired) electrons. The zero-order chi connectivity index (χ0) is 11.2. The van der Waals surface area contributed by atoms with Gasteiger partial charge in [0.2, 0.25) is 0 Å². The first kappa shape index (κ1) is 10.6. The molecule has 0 aliphatic heterocycles. The standard InChI is InChI=1S/C6H4N2OS.C5H5N/c10-5-3-1-2-4-6(5)8-9-7-4;1-2-4-6-5-3-1/h1-3,10H;1-5H. The first-order chi connectivity index (χ1) is 7.88. The van der Waals surface area contributed by atoms with Gasteiger partial charge < -0.3 is 0 Å². The van der Waals surface area contributed by atoms with Crippen molar-refractivity contribution in [2.24, 2.45) is 0 Å². The smallest absolute Gasteiger partial charge is 0.148 e. The molecule has 0 N–H and O–H groups in total. The lowest BCUT2D eigenvalue weighted by Crippen LogP contribution is -1.69. The first-order valence-corrected chi connectivity index (χ1v) is 5.08. The number of rotatable bonds is 0. The molecular formula is C11H9N3OS. The molecular weight excluding hydrogens is 222 g/mol. The van der Waals surface area contributed by atoms with E-state index in [1.54, 1.807) is 12.4 Å². The SMILES string of the molecule is Sc1cccc2nonc12.c1ccncc1. The number of nitrogens with zero attached hydrogens (tertiary/aromatic N) is 3. The van der Waals surface area contributed by atoms with Gasteiger partial charge in [-0.15, -0.1) is 12.6 Å². The molecule has 0 saturated heterocycles. The van der Waals surface area contributed by atoms with Gasteiger partial charge in [-0.05, 0) is 34.6 Å². The molecule has 16 heavy (non-hydrogen) atoms. The van der Waals surface area contributed by atoms with Crippen molar-refractivity contribution in [2.75, 3.05) is 0 Å². The van der Waals surface area contributed by atoms with Crippen LogP contribution < -0.4 is 0 Å². The summed E-state index contributed by atoms with van der Waals surface area (Å²) in [5.41, 5.74) is 1.46. The van der Waals surface area contributed by atoms with E-state index in [-0.39, 0.29) is 0 Å². The molecule has 0 bridgehead atoms. The molecule has 2 heterocycles. The van der Waals surface area contributed by atoms with Gasteiger partial charge in [-0.3, -0.25) is 4.98 Å². The highest BCUT2D eigenvalue weighted by molar-refractivity contribution is 7.80. The summed E-state index contributed by atoms with van der Waals surface area (Å²) in [6, 6.07) is 11.2. The molecule has 80 valence electrons. The Labute approximate surface area is 97.7 Å². The van der Waals surface area contributed by atoms with Crippen molar-refractivity contribution in [2.45, 2.75) is 4.90 Å². The Morgan fingerprint density at radius 3 is 2.31 bits per heavy atom. The highest BCUT2D eigenvalue weighted by atomic mass is 32.1. The van der Waals surface area contributed by atoms with Gasteiger partial charge in [0, 0.05) is 17.3 Å². The fourth-order valence-corrected chi connectivity index (χ4v) is 1.35. The molecule has 3 aromatic rings. The van der Waals surface area contributed by atoms with E-state index in [0.29, 0.717) is 5.52 Å². The van der Waals surface area contributed by atoms with Crippen LogP contribution in [0.25, 0.3) is 11.0 Å². The third-order valence-corrected chi connectivity index (χ3v) is 2.19. The van der Waals surface area contributed by atoms with Gasteiger partial charge in [0.25, 0.3) is 0 Å². The molecule has 0 aliphatic carbocycles. The van der Waals surface area contributed by atoms with Crippen molar-refractivity contribution in [3.05, 3.63) is 48.8 Å². The fraction of sp³-hybridized carbons (Fsp3) is 0. The van der Waals surface area contributed by atoms with Crippen LogP contribution in [0.3, 0.4) is 0 Å². The molecule has 3 rings (SSSR count). The Bertz CT molecular complexity index is 526. The fourth-order valence-electron chi connectivity index (χ4n) is 1.10. The second-order valence-corrected chi connectivity index (χ2v) is 3.42. The number of benzene rings is 1. The number of thiol groups is 1. The average molecular weight is 231 g/mol. The van der Waals surface area contributed by atoms with E-state index in [2.05, 4.69) is 32.6 Å². The van der Waals surface area contributed by atoms with Crippen LogP contribution in [-0.2, 0) is 0 Å². The molecule has 5 heteroatoms. The third kappa shape index (κ3) is 2.58. The summed E-state index contributed by atoms with van der Waals surface area (Å²) >= 11 is 4.15. The number of hydrogen-bond donors (Lipinski definition) is 1. The Hall–Kier alpha value is -1.88. The summed E-state index contributed by atoms with van der Waals surface area (Å²) in [5.74, 6) is 0. The topological polar surface area (TPSA) is 51.8 Å². The molecule has 1 aromatic carbocycles. The third-order valence-electron chi connectivity index (χ3n) is 1.83. The van der Waals surface area contributed by atoms with Crippen LogP contribution in [0, 0.1) is 0 Å². The second kappa shape index (κ2) is 5.27. The van der Waals surface area contributed by atoms with Crippen LogP contribution in [-0.4, -0.2) is 15.3 Å². The Kier molecular flexibility index (Phi) is 3.50. The van der Waals surface area contributed by atoms with E-state index in [0.717, 1.165) is 10.4 Å². The molecule has 0 atom stereocenters. The molecule has 2 aromatic heterocycles. The monoisotopic (exact) mass is 231 g/mol. The lowest BCUT2D eigenvalue weighted by atomic mass is 10.3. The maximum absolute atomic E-state index is 4.50. The van der Waals surface area contributed by atoms with Crippen molar-refractivity contribution >= 4 is 23.7 Å². The van der Waals surface area contributed by atoms with E-state index in [9.17, 15) is 0 Å². The molecule has 0 aliphatic rings. The van der Waals surface area contributed by atoms with E-state index in [1.807, 2.05) is 36.4 Å². The Balaban J connectivity index is 0.000000138. The maximum Gasteiger partial charge on any atom is 0.148 e. The Morgan fingerprint density at radius 1 is 0.938 bits per heavy atom. The van der Waals surface area contributed by atoms with Crippen LogP contribution in [0.15, 0.2) is 58.3 Å². The summed E-state index contributed by atoms with van der Waals surface area (Å²) < 4.78 is 4.50. The number of aromatic nitrogens is 3. The normalized spacial score (nSPS) is 9.56. The van der Waals surface area contributed by atoms with Crippen molar-refractivity contribution in [3.63, 3.8) is 0 Å². The lowest BCUT2D eigenvalue weighted by Gasteiger charge is -1.85. The van der Waals surface area contributed by atoms with E-state index in [1.165, 1.54) is 0 Å². The summed E-state index contributed by atoms with van der Waals surface area (Å²) in [7, 11) is 0. The number of fused-ring (bicyclic) bond motifs is 1. The summed E-state index contributed by atoms with van der Waals surface area (Å²) in [6.45, 7) is 0. The summed E-state index contributed by atoms with van der Waals surface area (Å²) in [5, 5.41) is 7.30. The Morgan fingerprint density at radius 2 is 1.75 bits per heavy atom. The van der Waals surface area contributed by atoms with Gasteiger partial charge in [-0.1, -0.05) is 12.1 Å². The molecule has 0 spiro atoms. The van der Waals surface area contributed by atoms with Crippen LogP contribution in [0.2, 0.25) is 0 Å². The van der Waals surface area contributed by atoms with E-state index < -0.39 is 0 Å². The quantitative estimate of drug-likeness (QED) is 0.604. The van der Waals surface area contributed by atoms with Crippen molar-refractivity contribution in [1.82, 2.24) is 15.3 Å². The average Bonchev–Trinajstić information content (AvgIpc) is 2.82. The highest BCUT2D eigenvalue weighted by Gasteiger charge is 2.00. The van der Waals surface area contributed by atoms with Gasteiger partial charge in [0.05, 0.1) is 0 Å². The van der Waals surface area contributed by atoms with Crippen LogP contribution in [0.4, 0.5) is 0 Å². The largest absolute Gasteiger partial charge is 0.265 e. The van der Waals surface area contributed by atoms with E-state index in [4.69, 9.17) is 0 Å². The van der Waals surface area contributed by atoms with Crippen LogP contribution in [0.5, 0.6) is 0 Å². The van der Waals surface area contributed by atoms with Gasteiger partial charge >= 0.3 is 0 Å². The maximum atomic E-state index is 4.50. The molecule has 0 saturated carbocycles. The van der Waals surface area contributed by atoms with Crippen molar-refractivity contribution in [1.29, 1.82) is 0 Å². The minimum absolute atomic E-state index is 0.714. The van der Waals surface area contributed by atoms with Gasteiger partial charge in [0.15, 0.2) is 0 Å². The zero-order valence-corrected chi connectivity index (χ0v) is 9.21. The predicted molar refractivity (Wildman–Crippen MR) is 63.3 cm³/mol. The van der Waals surface area contributed by atoms with Gasteiger partial charge in [-0.2, -0.15) is 0 Å². The van der Waals surface area contributed by atoms with Gasteiger partial charge in [0.1, 0.15) is 11.0 Å². The minimum Gasteiger partial charge on any atom is -0.265 e. The predicted octanol–water partition coefficient (Wildman–Crippen LogP) is 2.59. The summed E-state index contributed by atoms with van der Waals surface area (Å²) in [4.78, 5) is 4.58. The van der Waals surface area contributed by atoms with Crippen molar-refractivity contribution in [3.8, 4) is 0 Å². The summed E-state index contributed by atoms with van der Waals surface area (Å²) in [6.07, 6.45) is 3.50. The molecule has 0 fully saturated rings. The van der Waals surface area contributed by atoms with Crippen LogP contribution >= 0.6 is 12.6 Å². The minimum atomic E-state index is 0.714. The molecule has 0 amide bonds. The molecule has 4 nitrogen and oxygen atoms in total. The van der Waals surface area contributed by atoms with E-state index >= 15 is 0 Å². The number of pyridine rings is 1. The lowest BCUT2D eigenvalue weighted by molar-refractivity contribution is 0.315. The van der Waals surface area contributed by atoms with Crippen LogP contribution in [0.1, 0.15) is 0 Å². The molecule has 0 unspecified atom stereocenters. The number of hydrogen-bond acceptors (Lipinski definition) is 5. The first-order valence-electron chi connectivity index (χ1n) is 4.63. The highest BCUT2D eigenvalue weighted by Crippen LogP contribution is 2.16. The van der Waals surface area contributed by atoms with Gasteiger partial charge in [-0.25, -0.2) is 4.63 Å².